The van der Waals surface area contributed by atoms with Crippen LogP contribution >= 0.6 is 0 Å². The van der Waals surface area contributed by atoms with Gasteiger partial charge in [-0.1, -0.05) is 0 Å². The Morgan fingerprint density at radius 1 is 1.24 bits per heavy atom. The maximum absolute atomic E-state index is 11.9. The van der Waals surface area contributed by atoms with Gasteiger partial charge in [0.05, 0.1) is 6.54 Å². The molecule has 0 saturated carbocycles. The monoisotopic (exact) mass is 240 g/mol. The van der Waals surface area contributed by atoms with Crippen molar-refractivity contribution in [2.24, 2.45) is 0 Å². The zero-order valence-corrected chi connectivity index (χ0v) is 10.7. The molecule has 1 amide bonds. The SMILES string of the molecule is CN1CCN(CC(=O)NC2CCNCC2)CC1. The molecular formula is C12H24N4O. The number of rotatable bonds is 3. The molecule has 2 fully saturated rings. The van der Waals surface area contributed by atoms with E-state index >= 15 is 0 Å². The fraction of sp³-hybridized carbons (Fsp3) is 0.917. The van der Waals surface area contributed by atoms with E-state index in [-0.39, 0.29) is 5.91 Å². The van der Waals surface area contributed by atoms with Crippen molar-refractivity contribution < 1.29 is 4.79 Å². The van der Waals surface area contributed by atoms with Crippen LogP contribution in [0.2, 0.25) is 0 Å². The van der Waals surface area contributed by atoms with Gasteiger partial charge < -0.3 is 15.5 Å². The summed E-state index contributed by atoms with van der Waals surface area (Å²) in [6.45, 7) is 6.78. The minimum absolute atomic E-state index is 0.196. The molecule has 0 unspecified atom stereocenters. The maximum atomic E-state index is 11.9. The van der Waals surface area contributed by atoms with E-state index < -0.39 is 0 Å². The van der Waals surface area contributed by atoms with Crippen LogP contribution in [0.5, 0.6) is 0 Å². The summed E-state index contributed by atoms with van der Waals surface area (Å²) in [7, 11) is 2.13. The third kappa shape index (κ3) is 4.26. The molecule has 17 heavy (non-hydrogen) atoms. The molecule has 2 rings (SSSR count). The average molecular weight is 240 g/mol. The second-order valence-corrected chi connectivity index (χ2v) is 5.17. The summed E-state index contributed by atoms with van der Waals surface area (Å²) in [5, 5.41) is 6.45. The van der Waals surface area contributed by atoms with Gasteiger partial charge in [0.2, 0.25) is 5.91 Å². The molecule has 98 valence electrons. The third-order valence-electron chi connectivity index (χ3n) is 3.67. The van der Waals surface area contributed by atoms with Gasteiger partial charge in [0.15, 0.2) is 0 Å². The first kappa shape index (κ1) is 12.8. The van der Waals surface area contributed by atoms with Crippen LogP contribution in [0.15, 0.2) is 0 Å². The molecular weight excluding hydrogens is 216 g/mol. The number of nitrogens with one attached hydrogen (secondary N) is 2. The number of piperazine rings is 1. The van der Waals surface area contributed by atoms with Crippen molar-refractivity contribution in [2.45, 2.75) is 18.9 Å². The van der Waals surface area contributed by atoms with Crippen molar-refractivity contribution in [2.75, 3.05) is 52.9 Å². The van der Waals surface area contributed by atoms with Gasteiger partial charge in [-0.15, -0.1) is 0 Å². The number of hydrogen-bond donors (Lipinski definition) is 2. The highest BCUT2D eigenvalue weighted by Crippen LogP contribution is 2.03. The van der Waals surface area contributed by atoms with Gasteiger partial charge in [-0.3, -0.25) is 9.69 Å². The maximum Gasteiger partial charge on any atom is 0.234 e. The van der Waals surface area contributed by atoms with Crippen LogP contribution in [-0.2, 0) is 4.79 Å². The highest BCUT2D eigenvalue weighted by Gasteiger charge is 2.19. The molecule has 0 aromatic rings. The van der Waals surface area contributed by atoms with Gasteiger partial charge in [0, 0.05) is 32.2 Å². The van der Waals surface area contributed by atoms with Crippen LogP contribution < -0.4 is 10.6 Å². The van der Waals surface area contributed by atoms with Crippen LogP contribution in [0.4, 0.5) is 0 Å². The molecule has 2 heterocycles. The van der Waals surface area contributed by atoms with Gasteiger partial charge >= 0.3 is 0 Å². The fourth-order valence-corrected chi connectivity index (χ4v) is 2.45. The lowest BCUT2D eigenvalue weighted by atomic mass is 10.1. The van der Waals surface area contributed by atoms with Crippen molar-refractivity contribution >= 4 is 5.91 Å². The van der Waals surface area contributed by atoms with E-state index in [0.29, 0.717) is 12.6 Å². The van der Waals surface area contributed by atoms with Crippen molar-refractivity contribution in [3.8, 4) is 0 Å². The van der Waals surface area contributed by atoms with Gasteiger partial charge in [-0.05, 0) is 33.0 Å². The number of nitrogens with zero attached hydrogens (tertiary/aromatic N) is 2. The van der Waals surface area contributed by atoms with E-state index in [1.165, 1.54) is 0 Å². The zero-order chi connectivity index (χ0) is 12.1. The van der Waals surface area contributed by atoms with Crippen molar-refractivity contribution in [3.05, 3.63) is 0 Å². The van der Waals surface area contributed by atoms with Gasteiger partial charge in [0.1, 0.15) is 0 Å². The number of amides is 1. The Labute approximate surface area is 104 Å². The largest absolute Gasteiger partial charge is 0.352 e. The Balaban J connectivity index is 1.66. The van der Waals surface area contributed by atoms with Crippen LogP contribution in [-0.4, -0.2) is 74.6 Å². The Kier molecular flexibility index (Phi) is 4.76. The summed E-state index contributed by atoms with van der Waals surface area (Å²) in [5.41, 5.74) is 0. The first-order valence-corrected chi connectivity index (χ1v) is 6.65. The van der Waals surface area contributed by atoms with Crippen LogP contribution in [0, 0.1) is 0 Å². The highest BCUT2D eigenvalue weighted by molar-refractivity contribution is 5.78. The average Bonchev–Trinajstić information content (AvgIpc) is 2.33. The quantitative estimate of drug-likeness (QED) is 0.671. The minimum Gasteiger partial charge on any atom is -0.352 e. The van der Waals surface area contributed by atoms with Gasteiger partial charge in [-0.25, -0.2) is 0 Å². The molecule has 2 N–H and O–H groups in total. The molecule has 0 aliphatic carbocycles. The van der Waals surface area contributed by atoms with E-state index in [1.807, 2.05) is 0 Å². The second-order valence-electron chi connectivity index (χ2n) is 5.17. The fourth-order valence-electron chi connectivity index (χ4n) is 2.45. The van der Waals surface area contributed by atoms with E-state index in [2.05, 4.69) is 27.5 Å². The molecule has 0 spiro atoms. The Bertz CT molecular complexity index is 245. The van der Waals surface area contributed by atoms with Crippen LogP contribution in [0.1, 0.15) is 12.8 Å². The summed E-state index contributed by atoms with van der Waals surface area (Å²) < 4.78 is 0. The number of likely N-dealkylation sites (N-methyl/N-ethyl adjacent to an activating group) is 1. The smallest absolute Gasteiger partial charge is 0.234 e. The van der Waals surface area contributed by atoms with E-state index in [4.69, 9.17) is 0 Å². The Hall–Kier alpha value is -0.650. The predicted molar refractivity (Wildman–Crippen MR) is 68.0 cm³/mol. The summed E-state index contributed by atoms with van der Waals surface area (Å²) >= 11 is 0. The third-order valence-corrected chi connectivity index (χ3v) is 3.67. The van der Waals surface area contributed by atoms with E-state index in [9.17, 15) is 4.79 Å². The number of carbonyl (C=O) groups excluding carboxylic acids is 1. The highest BCUT2D eigenvalue weighted by atomic mass is 16.2. The minimum atomic E-state index is 0.196. The first-order valence-electron chi connectivity index (χ1n) is 6.65. The molecule has 0 radical (unpaired) electrons. The van der Waals surface area contributed by atoms with Crippen molar-refractivity contribution in [3.63, 3.8) is 0 Å². The summed E-state index contributed by atoms with van der Waals surface area (Å²) in [6, 6.07) is 0.385. The Morgan fingerprint density at radius 2 is 1.88 bits per heavy atom. The molecule has 2 aliphatic rings. The molecule has 5 heteroatoms. The normalized spacial score (nSPS) is 24.8. The van der Waals surface area contributed by atoms with Gasteiger partial charge in [-0.2, -0.15) is 0 Å². The summed E-state index contributed by atoms with van der Waals surface area (Å²) in [4.78, 5) is 16.4. The molecule has 0 atom stereocenters. The summed E-state index contributed by atoms with van der Waals surface area (Å²) in [6.07, 6.45) is 2.13. The number of carbonyl (C=O) groups is 1. The standard InChI is InChI=1S/C12H24N4O/c1-15-6-8-16(9-7-15)10-12(17)14-11-2-4-13-5-3-11/h11,13H,2-10H2,1H3,(H,14,17). The molecule has 5 nitrogen and oxygen atoms in total. The lowest BCUT2D eigenvalue weighted by molar-refractivity contribution is -0.123. The predicted octanol–water partition coefficient (Wildman–Crippen LogP) is -0.898. The lowest BCUT2D eigenvalue weighted by Crippen LogP contribution is -2.50. The molecule has 2 saturated heterocycles. The van der Waals surface area contributed by atoms with Gasteiger partial charge in [0.25, 0.3) is 0 Å². The Morgan fingerprint density at radius 3 is 2.53 bits per heavy atom. The second kappa shape index (κ2) is 6.33. The van der Waals surface area contributed by atoms with Crippen LogP contribution in [0.3, 0.4) is 0 Å². The summed E-state index contributed by atoms with van der Waals surface area (Å²) in [5.74, 6) is 0.196. The molecule has 0 aromatic heterocycles. The number of piperidine rings is 1. The topological polar surface area (TPSA) is 47.6 Å². The van der Waals surface area contributed by atoms with Crippen molar-refractivity contribution in [1.29, 1.82) is 0 Å². The van der Waals surface area contributed by atoms with Crippen LogP contribution in [0.25, 0.3) is 0 Å². The van der Waals surface area contributed by atoms with E-state index in [0.717, 1.165) is 52.1 Å². The molecule has 0 bridgehead atoms. The first-order chi connectivity index (χ1) is 8.24. The van der Waals surface area contributed by atoms with E-state index in [1.54, 1.807) is 0 Å². The lowest BCUT2D eigenvalue weighted by Gasteiger charge is -2.32. The molecule has 2 aliphatic heterocycles. The zero-order valence-electron chi connectivity index (χ0n) is 10.7. The molecule has 0 aromatic carbocycles. The number of hydrogen-bond acceptors (Lipinski definition) is 4. The van der Waals surface area contributed by atoms with Crippen molar-refractivity contribution in [1.82, 2.24) is 20.4 Å².